The van der Waals surface area contributed by atoms with Crippen LogP contribution in [0.2, 0.25) is 0 Å². The topological polar surface area (TPSA) is 56.8 Å². The average Bonchev–Trinajstić information content (AvgIpc) is 2.28. The van der Waals surface area contributed by atoms with E-state index in [0.717, 1.165) is 18.2 Å². The second-order valence-electron chi connectivity index (χ2n) is 2.86. The first kappa shape index (κ1) is 16.2. The Morgan fingerprint density at radius 1 is 1.56 bits per heavy atom. The minimum atomic E-state index is -1.05. The monoisotopic (exact) mass is 364 g/mol. The van der Waals surface area contributed by atoms with E-state index < -0.39 is 13.4 Å². The molecule has 0 aromatic rings. The summed E-state index contributed by atoms with van der Waals surface area (Å²) in [5.41, 5.74) is 2.58. The molecule has 0 aliphatic rings. The van der Waals surface area contributed by atoms with Crippen molar-refractivity contribution < 1.29 is 37.1 Å². The molecule has 0 fully saturated rings. The zero-order valence-electron chi connectivity index (χ0n) is 9.82. The molecular weight excluding hydrogens is 345 g/mol. The third-order valence-electron chi connectivity index (χ3n) is 1.67. The van der Waals surface area contributed by atoms with Crippen LogP contribution in [-0.2, 0) is 16.9 Å². The molecular formula is C9H19INO4S-. The van der Waals surface area contributed by atoms with Gasteiger partial charge in [0.1, 0.15) is 0 Å². The number of hydrogen-bond acceptors (Lipinski definition) is 5. The number of hydrogen-bond donors (Lipinski definition) is 1. The van der Waals surface area contributed by atoms with E-state index in [0.29, 0.717) is 6.54 Å². The Hall–Kier alpha value is 0.170. The van der Waals surface area contributed by atoms with Gasteiger partial charge in [-0.3, -0.25) is 0 Å². The van der Waals surface area contributed by atoms with Crippen molar-refractivity contribution >= 4 is 13.4 Å². The van der Waals surface area contributed by atoms with Gasteiger partial charge in [0.05, 0.1) is 0 Å². The molecule has 0 saturated heterocycles. The zero-order valence-corrected chi connectivity index (χ0v) is 12.8. The molecule has 16 heavy (non-hydrogen) atoms. The Morgan fingerprint density at radius 3 is 2.75 bits per heavy atom. The van der Waals surface area contributed by atoms with Gasteiger partial charge in [0.15, 0.2) is 0 Å². The summed E-state index contributed by atoms with van der Waals surface area (Å²) >= 11 is -0.351. The summed E-state index contributed by atoms with van der Waals surface area (Å²) in [7, 11) is 2.39. The Kier molecular flexibility index (Phi) is 9.32. The number of carbonyl (C=O) groups excluding carboxylic acids is 1. The van der Waals surface area contributed by atoms with Crippen molar-refractivity contribution in [1.29, 1.82) is 0 Å². The molecule has 0 spiro atoms. The van der Waals surface area contributed by atoms with Crippen molar-refractivity contribution in [2.24, 2.45) is 0 Å². The molecule has 7 heteroatoms. The van der Waals surface area contributed by atoms with Gasteiger partial charge in [-0.2, -0.15) is 0 Å². The van der Waals surface area contributed by atoms with Gasteiger partial charge in [0.2, 0.25) is 0 Å². The van der Waals surface area contributed by atoms with Gasteiger partial charge in [-0.05, 0) is 0 Å². The predicted molar refractivity (Wildman–Crippen MR) is 61.3 cm³/mol. The summed E-state index contributed by atoms with van der Waals surface area (Å²) in [4.78, 5) is 15.3. The fourth-order valence-corrected chi connectivity index (χ4v) is 6.24. The molecule has 0 aromatic heterocycles. The van der Waals surface area contributed by atoms with E-state index in [4.69, 9.17) is 7.25 Å². The second kappa shape index (κ2) is 9.23. The quantitative estimate of drug-likeness (QED) is 0.226. The molecule has 5 nitrogen and oxygen atoms in total. The standard InChI is InChI=1S/C9H19INO4S/c1-5-9(12)15-11-7-6-8-16(4,14-3)10-13-2/h5,11H,1,6-8H2,2-4H3/q-1. The minimum absolute atomic E-state index is 0.351. The molecule has 1 N–H and O–H groups in total. The molecule has 0 aromatic carbocycles. The molecule has 0 bridgehead atoms. The van der Waals surface area contributed by atoms with Gasteiger partial charge in [-0.1, -0.05) is 0 Å². The van der Waals surface area contributed by atoms with Gasteiger partial charge < -0.3 is 0 Å². The van der Waals surface area contributed by atoms with Gasteiger partial charge >= 0.3 is 108 Å². The van der Waals surface area contributed by atoms with Crippen LogP contribution in [0.5, 0.6) is 0 Å². The zero-order chi connectivity index (χ0) is 12.4. The molecule has 0 aliphatic heterocycles. The van der Waals surface area contributed by atoms with E-state index in [1.54, 1.807) is 14.2 Å². The van der Waals surface area contributed by atoms with Crippen molar-refractivity contribution in [2.75, 3.05) is 32.8 Å². The molecule has 98 valence electrons. The maximum atomic E-state index is 10.7. The van der Waals surface area contributed by atoms with Crippen LogP contribution >= 0.6 is 7.48 Å². The molecule has 0 radical (unpaired) electrons. The molecule has 0 amide bonds. The van der Waals surface area contributed by atoms with E-state index >= 15 is 0 Å². The van der Waals surface area contributed by atoms with Crippen LogP contribution in [0.1, 0.15) is 6.42 Å². The van der Waals surface area contributed by atoms with Crippen molar-refractivity contribution in [3.8, 4) is 0 Å². The van der Waals surface area contributed by atoms with Crippen molar-refractivity contribution in [3.05, 3.63) is 12.7 Å². The van der Waals surface area contributed by atoms with Crippen LogP contribution in [0, 0.1) is 0 Å². The van der Waals surface area contributed by atoms with Crippen LogP contribution in [0.4, 0.5) is 0 Å². The number of halogens is 1. The second-order valence-corrected chi connectivity index (χ2v) is 13.1. The fourth-order valence-electron chi connectivity index (χ4n) is 0.840. The Morgan fingerprint density at radius 2 is 2.25 bits per heavy atom. The van der Waals surface area contributed by atoms with Crippen molar-refractivity contribution in [2.45, 2.75) is 6.42 Å². The van der Waals surface area contributed by atoms with Crippen molar-refractivity contribution in [3.63, 3.8) is 0 Å². The Bertz CT molecular complexity index is 230. The van der Waals surface area contributed by atoms with Gasteiger partial charge in [-0.25, -0.2) is 0 Å². The molecule has 0 heterocycles. The van der Waals surface area contributed by atoms with Crippen molar-refractivity contribution in [1.82, 2.24) is 5.48 Å². The summed E-state index contributed by atoms with van der Waals surface area (Å²) in [6.07, 6.45) is 4.11. The molecule has 0 aliphatic carbocycles. The van der Waals surface area contributed by atoms with E-state index in [2.05, 4.69) is 23.2 Å². The van der Waals surface area contributed by atoms with E-state index in [1.807, 2.05) is 0 Å². The van der Waals surface area contributed by atoms with E-state index in [9.17, 15) is 4.79 Å². The number of nitrogens with one attached hydrogen (secondary N) is 1. The SMILES string of the molecule is C=CC(=O)ONCCCS(C)(OC)[I-]OC. The Labute approximate surface area is 108 Å². The summed E-state index contributed by atoms with van der Waals surface area (Å²) in [6, 6.07) is 0. The van der Waals surface area contributed by atoms with Crippen LogP contribution in [0.25, 0.3) is 0 Å². The van der Waals surface area contributed by atoms with Crippen LogP contribution in [0.3, 0.4) is 0 Å². The Balaban J connectivity index is 3.63. The first-order valence-corrected chi connectivity index (χ1v) is 10.2. The van der Waals surface area contributed by atoms with E-state index in [1.165, 1.54) is 0 Å². The fraction of sp³-hybridized carbons (Fsp3) is 0.667. The molecule has 0 rings (SSSR count). The van der Waals surface area contributed by atoms with Gasteiger partial charge in [0, 0.05) is 0 Å². The van der Waals surface area contributed by atoms with E-state index in [-0.39, 0.29) is 20.2 Å². The number of carbonyl (C=O) groups is 1. The predicted octanol–water partition coefficient (Wildman–Crippen LogP) is -1.83. The first-order valence-electron chi connectivity index (χ1n) is 4.65. The summed E-state index contributed by atoms with van der Waals surface area (Å²) in [5, 5.41) is 0. The molecule has 1 atom stereocenters. The van der Waals surface area contributed by atoms with Crippen LogP contribution in [0.15, 0.2) is 12.7 Å². The van der Waals surface area contributed by atoms with Gasteiger partial charge in [-0.15, -0.1) is 0 Å². The number of hydroxylamine groups is 1. The third kappa shape index (κ3) is 7.44. The third-order valence-corrected chi connectivity index (χ3v) is 9.54. The summed E-state index contributed by atoms with van der Waals surface area (Å²) in [5.74, 6) is 0.481. The first-order chi connectivity index (χ1) is 7.58. The number of rotatable bonds is 9. The van der Waals surface area contributed by atoms with Crippen LogP contribution in [-0.4, -0.2) is 38.7 Å². The summed E-state index contributed by atoms with van der Waals surface area (Å²) < 4.78 is 10.7. The van der Waals surface area contributed by atoms with Gasteiger partial charge in [0.25, 0.3) is 0 Å². The summed E-state index contributed by atoms with van der Waals surface area (Å²) in [6.45, 7) is 3.90. The maximum absolute atomic E-state index is 10.7. The average molecular weight is 364 g/mol. The molecule has 1 unspecified atom stereocenters. The normalized spacial score (nSPS) is 16.4. The van der Waals surface area contributed by atoms with Crippen LogP contribution < -0.4 is 25.7 Å². The molecule has 0 saturated carbocycles.